The molecule has 0 saturated heterocycles. The summed E-state index contributed by atoms with van der Waals surface area (Å²) in [6.45, 7) is 5.68. The minimum absolute atomic E-state index is 0.152. The van der Waals surface area contributed by atoms with Crippen molar-refractivity contribution < 1.29 is 4.74 Å². The van der Waals surface area contributed by atoms with Crippen LogP contribution < -0.4 is 9.64 Å². The van der Waals surface area contributed by atoms with Gasteiger partial charge in [0.2, 0.25) is 11.2 Å². The van der Waals surface area contributed by atoms with Crippen molar-refractivity contribution in [3.05, 3.63) is 5.28 Å². The zero-order valence-electron chi connectivity index (χ0n) is 8.49. The van der Waals surface area contributed by atoms with Crippen LogP contribution in [0.5, 0.6) is 6.01 Å². The first-order valence-corrected chi connectivity index (χ1v) is 4.79. The van der Waals surface area contributed by atoms with E-state index in [0.717, 1.165) is 13.1 Å². The van der Waals surface area contributed by atoms with E-state index in [9.17, 15) is 0 Å². The van der Waals surface area contributed by atoms with Crippen molar-refractivity contribution in [3.63, 3.8) is 0 Å². The molecular weight excluding hydrogens is 204 g/mol. The van der Waals surface area contributed by atoms with Gasteiger partial charge in [0.15, 0.2) is 0 Å². The second kappa shape index (κ2) is 4.95. The molecule has 0 spiro atoms. The number of nitrogens with zero attached hydrogens (tertiary/aromatic N) is 4. The quantitative estimate of drug-likeness (QED) is 0.761. The van der Waals surface area contributed by atoms with Crippen molar-refractivity contribution in [3.8, 4) is 6.01 Å². The molecule has 14 heavy (non-hydrogen) atoms. The van der Waals surface area contributed by atoms with Gasteiger partial charge in [0.05, 0.1) is 7.11 Å². The summed E-state index contributed by atoms with van der Waals surface area (Å²) in [4.78, 5) is 13.9. The van der Waals surface area contributed by atoms with Gasteiger partial charge in [-0.1, -0.05) is 0 Å². The fourth-order valence-electron chi connectivity index (χ4n) is 1.06. The number of hydrogen-bond donors (Lipinski definition) is 0. The van der Waals surface area contributed by atoms with E-state index in [2.05, 4.69) is 15.0 Å². The molecule has 0 saturated carbocycles. The fourth-order valence-corrected chi connectivity index (χ4v) is 1.21. The summed E-state index contributed by atoms with van der Waals surface area (Å²) in [6, 6.07) is 0.243. The van der Waals surface area contributed by atoms with Crippen molar-refractivity contribution in [2.75, 3.05) is 25.1 Å². The summed E-state index contributed by atoms with van der Waals surface area (Å²) in [7, 11) is 1.50. The maximum Gasteiger partial charge on any atom is 0.322 e. The van der Waals surface area contributed by atoms with Crippen molar-refractivity contribution in [1.29, 1.82) is 0 Å². The molecule has 0 aromatic carbocycles. The van der Waals surface area contributed by atoms with Gasteiger partial charge in [-0.05, 0) is 25.4 Å². The van der Waals surface area contributed by atoms with Gasteiger partial charge in [-0.15, -0.1) is 0 Å². The molecule has 1 aromatic heterocycles. The van der Waals surface area contributed by atoms with Crippen molar-refractivity contribution in [2.45, 2.75) is 13.8 Å². The van der Waals surface area contributed by atoms with Crippen LogP contribution in [0, 0.1) is 0 Å². The lowest BCUT2D eigenvalue weighted by molar-refractivity contribution is 0.378. The number of methoxy groups -OCH3 is 1. The molecule has 1 rings (SSSR count). The largest absolute Gasteiger partial charge is 0.467 e. The minimum atomic E-state index is 0.152. The molecule has 5 nitrogen and oxygen atoms in total. The van der Waals surface area contributed by atoms with Crippen LogP contribution in [0.25, 0.3) is 0 Å². The Bertz CT molecular complexity index is 303. The number of halogens is 1. The number of ether oxygens (including phenoxy) is 1. The van der Waals surface area contributed by atoms with Crippen molar-refractivity contribution >= 4 is 17.5 Å². The molecule has 0 aliphatic carbocycles. The summed E-state index contributed by atoms with van der Waals surface area (Å²) in [5.41, 5.74) is 0. The van der Waals surface area contributed by atoms with E-state index in [1.165, 1.54) is 7.11 Å². The summed E-state index contributed by atoms with van der Waals surface area (Å²) in [5, 5.41) is 0.152. The second-order valence-electron chi connectivity index (χ2n) is 2.56. The van der Waals surface area contributed by atoms with Gasteiger partial charge >= 0.3 is 6.01 Å². The third-order valence-electron chi connectivity index (χ3n) is 1.80. The average Bonchev–Trinajstić information content (AvgIpc) is 2.19. The highest BCUT2D eigenvalue weighted by atomic mass is 35.5. The lowest BCUT2D eigenvalue weighted by atomic mass is 10.5. The van der Waals surface area contributed by atoms with Gasteiger partial charge in [-0.25, -0.2) is 0 Å². The fraction of sp³-hybridized carbons (Fsp3) is 0.625. The van der Waals surface area contributed by atoms with E-state index in [1.807, 2.05) is 18.7 Å². The van der Waals surface area contributed by atoms with Gasteiger partial charge < -0.3 is 9.64 Å². The van der Waals surface area contributed by atoms with Gasteiger partial charge in [-0.3, -0.25) is 0 Å². The highest BCUT2D eigenvalue weighted by molar-refractivity contribution is 6.28. The summed E-state index contributed by atoms with van der Waals surface area (Å²) in [5.74, 6) is 0.548. The molecule has 78 valence electrons. The molecule has 0 N–H and O–H groups in total. The van der Waals surface area contributed by atoms with Crippen LogP contribution in [0.3, 0.4) is 0 Å². The minimum Gasteiger partial charge on any atom is -0.467 e. The Morgan fingerprint density at radius 1 is 1.21 bits per heavy atom. The van der Waals surface area contributed by atoms with E-state index in [0.29, 0.717) is 5.95 Å². The van der Waals surface area contributed by atoms with Crippen molar-refractivity contribution in [2.24, 2.45) is 0 Å². The van der Waals surface area contributed by atoms with E-state index < -0.39 is 0 Å². The summed E-state index contributed by atoms with van der Waals surface area (Å²) < 4.78 is 4.90. The third-order valence-corrected chi connectivity index (χ3v) is 1.97. The molecule has 0 aliphatic rings. The van der Waals surface area contributed by atoms with Crippen molar-refractivity contribution in [1.82, 2.24) is 15.0 Å². The molecule has 6 heteroatoms. The van der Waals surface area contributed by atoms with E-state index >= 15 is 0 Å². The molecule has 1 heterocycles. The highest BCUT2D eigenvalue weighted by Gasteiger charge is 2.09. The first-order chi connectivity index (χ1) is 6.71. The Hall–Kier alpha value is -1.10. The van der Waals surface area contributed by atoms with Gasteiger partial charge in [0, 0.05) is 13.1 Å². The van der Waals surface area contributed by atoms with Crippen LogP contribution in [-0.2, 0) is 0 Å². The Kier molecular flexibility index (Phi) is 3.88. The molecule has 0 aliphatic heterocycles. The SMILES string of the molecule is CCN(CC)c1nc(Cl)nc(OC)n1. The lowest BCUT2D eigenvalue weighted by Gasteiger charge is -2.18. The van der Waals surface area contributed by atoms with Crippen LogP contribution in [0.1, 0.15) is 13.8 Å². The van der Waals surface area contributed by atoms with Crippen LogP contribution >= 0.6 is 11.6 Å². The maximum absolute atomic E-state index is 5.72. The zero-order chi connectivity index (χ0) is 10.6. The summed E-state index contributed by atoms with van der Waals surface area (Å²) >= 11 is 5.72. The highest BCUT2D eigenvalue weighted by Crippen LogP contribution is 2.14. The van der Waals surface area contributed by atoms with Gasteiger partial charge in [0.25, 0.3) is 0 Å². The van der Waals surface area contributed by atoms with Crippen LogP contribution in [0.4, 0.5) is 5.95 Å². The maximum atomic E-state index is 5.72. The third kappa shape index (κ3) is 2.45. The molecule has 0 fully saturated rings. The Balaban J connectivity index is 3.01. The Morgan fingerprint density at radius 2 is 1.86 bits per heavy atom. The monoisotopic (exact) mass is 216 g/mol. The lowest BCUT2D eigenvalue weighted by Crippen LogP contribution is -2.24. The number of anilines is 1. The first-order valence-electron chi connectivity index (χ1n) is 4.41. The van der Waals surface area contributed by atoms with Gasteiger partial charge in [-0.2, -0.15) is 15.0 Å². The van der Waals surface area contributed by atoms with Crippen LogP contribution in [0.15, 0.2) is 0 Å². The van der Waals surface area contributed by atoms with Crippen LogP contribution in [0.2, 0.25) is 5.28 Å². The number of rotatable bonds is 4. The predicted molar refractivity (Wildman–Crippen MR) is 55.0 cm³/mol. The predicted octanol–water partition coefficient (Wildman–Crippen LogP) is 1.38. The van der Waals surface area contributed by atoms with E-state index in [-0.39, 0.29) is 11.3 Å². The molecule has 1 aromatic rings. The molecule has 0 unspecified atom stereocenters. The summed E-state index contributed by atoms with van der Waals surface area (Å²) in [6.07, 6.45) is 0. The molecule has 0 amide bonds. The normalized spacial score (nSPS) is 10.0. The van der Waals surface area contributed by atoms with Crippen LogP contribution in [-0.4, -0.2) is 35.2 Å². The molecule has 0 bridgehead atoms. The smallest absolute Gasteiger partial charge is 0.322 e. The Labute approximate surface area is 88.1 Å². The topological polar surface area (TPSA) is 51.1 Å². The molecular formula is C8H13ClN4O. The second-order valence-corrected chi connectivity index (χ2v) is 2.90. The number of hydrogen-bond acceptors (Lipinski definition) is 5. The molecule has 0 radical (unpaired) electrons. The number of aromatic nitrogens is 3. The standard InChI is InChI=1S/C8H13ClN4O/c1-4-13(5-2)7-10-6(9)11-8(12-7)14-3/h4-5H2,1-3H3. The van der Waals surface area contributed by atoms with E-state index in [1.54, 1.807) is 0 Å². The van der Waals surface area contributed by atoms with E-state index in [4.69, 9.17) is 16.3 Å². The zero-order valence-corrected chi connectivity index (χ0v) is 9.25. The molecule has 0 atom stereocenters. The first kappa shape index (κ1) is 11.0. The van der Waals surface area contributed by atoms with Gasteiger partial charge in [0.1, 0.15) is 0 Å². The Morgan fingerprint density at radius 3 is 2.36 bits per heavy atom. The average molecular weight is 217 g/mol.